The number of benzene rings is 1. The minimum atomic E-state index is -4.33. The van der Waals surface area contributed by atoms with Crippen LogP contribution in [0.1, 0.15) is 18.1 Å². The lowest BCUT2D eigenvalue weighted by Crippen LogP contribution is -2.34. The van der Waals surface area contributed by atoms with Crippen molar-refractivity contribution in [1.82, 2.24) is 4.90 Å². The van der Waals surface area contributed by atoms with Gasteiger partial charge in [-0.05, 0) is 12.6 Å². The molecule has 0 aliphatic rings. The van der Waals surface area contributed by atoms with Crippen LogP contribution in [0.15, 0.2) is 18.2 Å². The number of nitrogens with zero attached hydrogens (tertiary/aromatic N) is 1. The van der Waals surface area contributed by atoms with E-state index in [9.17, 15) is 17.6 Å². The van der Waals surface area contributed by atoms with Crippen LogP contribution >= 0.6 is 0 Å². The Morgan fingerprint density at radius 3 is 2.47 bits per heavy atom. The second-order valence-electron chi connectivity index (χ2n) is 4.11. The van der Waals surface area contributed by atoms with Crippen LogP contribution in [0.4, 0.5) is 17.6 Å². The third-order valence-electron chi connectivity index (χ3n) is 2.61. The number of hydrogen-bond donors (Lipinski definition) is 2. The largest absolute Gasteiger partial charge is 0.401 e. The summed E-state index contributed by atoms with van der Waals surface area (Å²) in [5, 5.41) is 7.19. The van der Waals surface area contributed by atoms with Gasteiger partial charge in [0.15, 0.2) is 0 Å². The Kier molecular flexibility index (Phi) is 4.88. The fourth-order valence-corrected chi connectivity index (χ4v) is 1.68. The minimum Gasteiger partial charge on any atom is -0.384 e. The Balaban J connectivity index is 2.92. The van der Waals surface area contributed by atoms with Crippen molar-refractivity contribution in [1.29, 1.82) is 5.41 Å². The van der Waals surface area contributed by atoms with Gasteiger partial charge in [-0.15, -0.1) is 0 Å². The van der Waals surface area contributed by atoms with Crippen LogP contribution in [0.3, 0.4) is 0 Å². The highest BCUT2D eigenvalue weighted by molar-refractivity contribution is 5.95. The zero-order valence-electron chi connectivity index (χ0n) is 10.4. The van der Waals surface area contributed by atoms with Gasteiger partial charge in [0.25, 0.3) is 0 Å². The van der Waals surface area contributed by atoms with E-state index in [1.165, 1.54) is 18.2 Å². The van der Waals surface area contributed by atoms with Crippen LogP contribution in [0.2, 0.25) is 0 Å². The molecule has 0 aliphatic heterocycles. The van der Waals surface area contributed by atoms with E-state index in [1.807, 2.05) is 0 Å². The SMILES string of the molecule is CCN(Cc1cccc(C(=N)N)c1F)CC(F)(F)F. The van der Waals surface area contributed by atoms with Gasteiger partial charge in [0.1, 0.15) is 11.7 Å². The summed E-state index contributed by atoms with van der Waals surface area (Å²) in [4.78, 5) is 1.07. The van der Waals surface area contributed by atoms with Crippen LogP contribution in [-0.2, 0) is 6.54 Å². The first-order valence-corrected chi connectivity index (χ1v) is 5.65. The minimum absolute atomic E-state index is 0.0961. The number of alkyl halides is 3. The molecule has 1 aromatic rings. The molecule has 1 aromatic carbocycles. The number of hydrogen-bond acceptors (Lipinski definition) is 2. The van der Waals surface area contributed by atoms with Crippen LogP contribution in [0.25, 0.3) is 0 Å². The summed E-state index contributed by atoms with van der Waals surface area (Å²) in [5.41, 5.74) is 5.20. The summed E-state index contributed by atoms with van der Waals surface area (Å²) in [6.07, 6.45) is -4.33. The van der Waals surface area contributed by atoms with Gasteiger partial charge in [-0.25, -0.2) is 4.39 Å². The second-order valence-corrected chi connectivity index (χ2v) is 4.11. The highest BCUT2D eigenvalue weighted by atomic mass is 19.4. The first kappa shape index (κ1) is 15.4. The Hall–Kier alpha value is -1.63. The molecule has 106 valence electrons. The van der Waals surface area contributed by atoms with Crippen molar-refractivity contribution < 1.29 is 17.6 Å². The molecule has 7 heteroatoms. The number of nitrogens with one attached hydrogen (secondary N) is 1. The monoisotopic (exact) mass is 277 g/mol. The normalized spacial score (nSPS) is 11.9. The van der Waals surface area contributed by atoms with E-state index in [0.717, 1.165) is 4.90 Å². The maximum Gasteiger partial charge on any atom is 0.401 e. The number of halogens is 4. The van der Waals surface area contributed by atoms with Gasteiger partial charge in [-0.3, -0.25) is 10.3 Å². The topological polar surface area (TPSA) is 53.1 Å². The third kappa shape index (κ3) is 4.51. The average molecular weight is 277 g/mol. The van der Waals surface area contributed by atoms with Crippen molar-refractivity contribution in [2.24, 2.45) is 5.73 Å². The Bertz CT molecular complexity index is 457. The van der Waals surface area contributed by atoms with E-state index in [-0.39, 0.29) is 24.2 Å². The highest BCUT2D eigenvalue weighted by Gasteiger charge is 2.30. The molecule has 0 atom stereocenters. The molecule has 0 aliphatic carbocycles. The fraction of sp³-hybridized carbons (Fsp3) is 0.417. The first-order chi connectivity index (χ1) is 8.74. The maximum absolute atomic E-state index is 13.9. The summed E-state index contributed by atoms with van der Waals surface area (Å²) in [5.74, 6) is -1.19. The van der Waals surface area contributed by atoms with E-state index in [4.69, 9.17) is 11.1 Å². The van der Waals surface area contributed by atoms with E-state index in [0.29, 0.717) is 0 Å². The lowest BCUT2D eigenvalue weighted by atomic mass is 10.1. The summed E-state index contributed by atoms with van der Waals surface area (Å²) < 4.78 is 50.9. The Labute approximate surface area is 108 Å². The zero-order chi connectivity index (χ0) is 14.6. The zero-order valence-corrected chi connectivity index (χ0v) is 10.4. The molecule has 0 amide bonds. The predicted octanol–water partition coefficient (Wildman–Crippen LogP) is 2.49. The van der Waals surface area contributed by atoms with Gasteiger partial charge < -0.3 is 5.73 Å². The number of rotatable bonds is 5. The van der Waals surface area contributed by atoms with Crippen molar-refractivity contribution in [3.63, 3.8) is 0 Å². The predicted molar refractivity (Wildman–Crippen MR) is 64.4 cm³/mol. The molecular weight excluding hydrogens is 262 g/mol. The van der Waals surface area contributed by atoms with Gasteiger partial charge in [-0.1, -0.05) is 19.1 Å². The van der Waals surface area contributed by atoms with Gasteiger partial charge >= 0.3 is 6.18 Å². The van der Waals surface area contributed by atoms with Crippen LogP contribution < -0.4 is 5.73 Å². The molecule has 0 saturated heterocycles. The van der Waals surface area contributed by atoms with Crippen molar-refractivity contribution in [2.75, 3.05) is 13.1 Å². The average Bonchev–Trinajstić information content (AvgIpc) is 2.28. The van der Waals surface area contributed by atoms with Crippen molar-refractivity contribution in [3.05, 3.63) is 35.1 Å². The van der Waals surface area contributed by atoms with Gasteiger partial charge in [0.05, 0.1) is 12.1 Å². The Morgan fingerprint density at radius 2 is 2.00 bits per heavy atom. The lowest BCUT2D eigenvalue weighted by Gasteiger charge is -2.22. The standard InChI is InChI=1S/C12H15F4N3/c1-2-19(7-12(14,15)16)6-8-4-3-5-9(10(8)13)11(17)18/h3-5H,2,6-7H2,1H3,(H3,17,18). The molecular formula is C12H15F4N3. The molecule has 0 spiro atoms. The summed E-state index contributed by atoms with van der Waals surface area (Å²) >= 11 is 0. The quantitative estimate of drug-likeness (QED) is 0.493. The molecule has 1 rings (SSSR count). The first-order valence-electron chi connectivity index (χ1n) is 5.65. The molecule has 0 aromatic heterocycles. The lowest BCUT2D eigenvalue weighted by molar-refractivity contribution is -0.146. The van der Waals surface area contributed by atoms with E-state index in [2.05, 4.69) is 0 Å². The van der Waals surface area contributed by atoms with E-state index in [1.54, 1.807) is 6.92 Å². The van der Waals surface area contributed by atoms with Crippen LogP contribution in [0.5, 0.6) is 0 Å². The van der Waals surface area contributed by atoms with E-state index < -0.39 is 24.4 Å². The van der Waals surface area contributed by atoms with Crippen molar-refractivity contribution >= 4 is 5.84 Å². The van der Waals surface area contributed by atoms with Crippen molar-refractivity contribution in [2.45, 2.75) is 19.6 Å². The fourth-order valence-electron chi connectivity index (χ4n) is 1.68. The molecule has 0 unspecified atom stereocenters. The van der Waals surface area contributed by atoms with Crippen LogP contribution in [-0.4, -0.2) is 30.0 Å². The summed E-state index contributed by atoms with van der Waals surface area (Å²) in [7, 11) is 0. The third-order valence-corrected chi connectivity index (χ3v) is 2.61. The molecule has 19 heavy (non-hydrogen) atoms. The molecule has 0 fully saturated rings. The van der Waals surface area contributed by atoms with Gasteiger partial charge in [-0.2, -0.15) is 13.2 Å². The summed E-state index contributed by atoms with van der Waals surface area (Å²) in [6.45, 7) is 0.428. The van der Waals surface area contributed by atoms with Gasteiger partial charge in [0.2, 0.25) is 0 Å². The maximum atomic E-state index is 13.9. The smallest absolute Gasteiger partial charge is 0.384 e. The summed E-state index contributed by atoms with van der Waals surface area (Å²) in [6, 6.07) is 4.18. The molecule has 3 N–H and O–H groups in total. The molecule has 0 bridgehead atoms. The molecule has 0 radical (unpaired) electrons. The number of nitrogen functional groups attached to an aromatic ring is 1. The number of nitrogens with two attached hydrogens (primary N) is 1. The molecule has 3 nitrogen and oxygen atoms in total. The van der Waals surface area contributed by atoms with Crippen molar-refractivity contribution in [3.8, 4) is 0 Å². The Morgan fingerprint density at radius 1 is 1.37 bits per heavy atom. The second kappa shape index (κ2) is 6.01. The highest BCUT2D eigenvalue weighted by Crippen LogP contribution is 2.20. The molecule has 0 heterocycles. The van der Waals surface area contributed by atoms with Crippen LogP contribution in [0, 0.1) is 11.2 Å². The number of amidine groups is 1. The van der Waals surface area contributed by atoms with E-state index >= 15 is 0 Å². The molecule has 0 saturated carbocycles. The van der Waals surface area contributed by atoms with Gasteiger partial charge in [0, 0.05) is 12.1 Å².